The summed E-state index contributed by atoms with van der Waals surface area (Å²) in [5, 5.41) is 0.670. The molecule has 0 aliphatic carbocycles. The van der Waals surface area contributed by atoms with Gasteiger partial charge in [-0.15, -0.1) is 0 Å². The van der Waals surface area contributed by atoms with E-state index in [2.05, 4.69) is 24.8 Å². The van der Waals surface area contributed by atoms with Crippen LogP contribution in [0.1, 0.15) is 0 Å². The number of hydrogen-bond donors (Lipinski definition) is 1. The number of halogens is 1. The third-order valence-electron chi connectivity index (χ3n) is 4.51. The zero-order valence-corrected chi connectivity index (χ0v) is 15.9. The molecule has 3 aromatic rings. The summed E-state index contributed by atoms with van der Waals surface area (Å²) in [4.78, 5) is 32.4. The fraction of sp³-hybridized carbons (Fsp3) is 0.263. The first-order valence-corrected chi connectivity index (χ1v) is 9.91. The number of thioether (sulfide) groups is 1. The lowest BCUT2D eigenvalue weighted by Crippen LogP contribution is -2.49. The van der Waals surface area contributed by atoms with Crippen LogP contribution in [0, 0.1) is 5.82 Å². The van der Waals surface area contributed by atoms with Crippen LogP contribution in [0.15, 0.2) is 54.1 Å². The number of aromatic nitrogens is 4. The van der Waals surface area contributed by atoms with E-state index in [1.807, 2.05) is 4.90 Å². The topological polar surface area (TPSA) is 78.0 Å². The van der Waals surface area contributed by atoms with Crippen molar-refractivity contribution < 1.29 is 9.18 Å². The molecule has 1 N–H and O–H groups in total. The van der Waals surface area contributed by atoms with Gasteiger partial charge in [0.1, 0.15) is 5.82 Å². The number of imidazole rings is 1. The van der Waals surface area contributed by atoms with Crippen molar-refractivity contribution in [3.8, 4) is 11.3 Å². The number of carbonyl (C=O) groups excluding carboxylic acids is 1. The van der Waals surface area contributed by atoms with Crippen LogP contribution in [-0.4, -0.2) is 62.7 Å². The molecule has 0 unspecified atom stereocenters. The van der Waals surface area contributed by atoms with E-state index < -0.39 is 0 Å². The molecule has 0 atom stereocenters. The fourth-order valence-corrected chi connectivity index (χ4v) is 3.74. The van der Waals surface area contributed by atoms with Gasteiger partial charge in [0.25, 0.3) is 0 Å². The highest BCUT2D eigenvalue weighted by Gasteiger charge is 2.22. The van der Waals surface area contributed by atoms with Gasteiger partial charge in [0.2, 0.25) is 11.9 Å². The second-order valence-corrected chi connectivity index (χ2v) is 7.28. The summed E-state index contributed by atoms with van der Waals surface area (Å²) >= 11 is 1.37. The van der Waals surface area contributed by atoms with Gasteiger partial charge in [0.15, 0.2) is 5.16 Å². The minimum absolute atomic E-state index is 0.0818. The Hall–Kier alpha value is -2.94. The first-order chi connectivity index (χ1) is 13.7. The molecule has 0 spiro atoms. The summed E-state index contributed by atoms with van der Waals surface area (Å²) in [6, 6.07) is 7.99. The van der Waals surface area contributed by atoms with E-state index in [1.54, 1.807) is 36.8 Å². The minimum atomic E-state index is -0.276. The van der Waals surface area contributed by atoms with E-state index in [0.29, 0.717) is 29.9 Å². The van der Waals surface area contributed by atoms with Crippen molar-refractivity contribution in [2.75, 3.05) is 36.8 Å². The number of benzene rings is 1. The van der Waals surface area contributed by atoms with Gasteiger partial charge in [0.05, 0.1) is 17.6 Å². The van der Waals surface area contributed by atoms with Crippen LogP contribution in [0.2, 0.25) is 0 Å². The predicted molar refractivity (Wildman–Crippen MR) is 106 cm³/mol. The minimum Gasteiger partial charge on any atom is -0.338 e. The number of hydrogen-bond acceptors (Lipinski definition) is 6. The molecular weight excluding hydrogens is 379 g/mol. The van der Waals surface area contributed by atoms with E-state index in [9.17, 15) is 9.18 Å². The van der Waals surface area contributed by atoms with Gasteiger partial charge >= 0.3 is 0 Å². The van der Waals surface area contributed by atoms with Gasteiger partial charge in [0, 0.05) is 38.6 Å². The molecule has 0 bridgehead atoms. The molecule has 9 heteroatoms. The summed E-state index contributed by atoms with van der Waals surface area (Å²) in [5.41, 5.74) is 1.65. The highest BCUT2D eigenvalue weighted by atomic mass is 32.2. The van der Waals surface area contributed by atoms with Gasteiger partial charge in [-0.1, -0.05) is 11.8 Å². The molecular formula is C19H19FN6OS. The molecule has 1 aliphatic heterocycles. The molecule has 2 aromatic heterocycles. The number of aromatic amines is 1. The van der Waals surface area contributed by atoms with Crippen LogP contribution in [0.5, 0.6) is 0 Å². The molecule has 1 saturated heterocycles. The molecule has 1 fully saturated rings. The third kappa shape index (κ3) is 4.30. The van der Waals surface area contributed by atoms with Crippen LogP contribution >= 0.6 is 11.8 Å². The smallest absolute Gasteiger partial charge is 0.233 e. The fourth-order valence-electron chi connectivity index (χ4n) is 2.98. The Morgan fingerprint density at radius 1 is 1.07 bits per heavy atom. The Morgan fingerprint density at radius 3 is 2.50 bits per heavy atom. The molecule has 3 heterocycles. The average molecular weight is 398 g/mol. The van der Waals surface area contributed by atoms with Gasteiger partial charge in [-0.25, -0.2) is 19.3 Å². The Bertz CT molecular complexity index is 925. The van der Waals surface area contributed by atoms with Crippen LogP contribution in [0.25, 0.3) is 11.3 Å². The maximum atomic E-state index is 13.0. The summed E-state index contributed by atoms with van der Waals surface area (Å²) in [6.45, 7) is 2.74. The van der Waals surface area contributed by atoms with Crippen molar-refractivity contribution in [3.05, 3.63) is 54.7 Å². The second kappa shape index (κ2) is 8.39. The Labute approximate surface area is 166 Å². The number of piperazine rings is 1. The Kier molecular flexibility index (Phi) is 5.52. The summed E-state index contributed by atoms with van der Waals surface area (Å²) in [7, 11) is 0. The lowest BCUT2D eigenvalue weighted by molar-refractivity contribution is -0.128. The number of H-pyrrole nitrogens is 1. The quantitative estimate of drug-likeness (QED) is 0.665. The monoisotopic (exact) mass is 398 g/mol. The Morgan fingerprint density at radius 2 is 1.79 bits per heavy atom. The lowest BCUT2D eigenvalue weighted by Gasteiger charge is -2.34. The van der Waals surface area contributed by atoms with Crippen molar-refractivity contribution in [2.45, 2.75) is 5.16 Å². The van der Waals surface area contributed by atoms with Crippen LogP contribution in [-0.2, 0) is 4.79 Å². The maximum Gasteiger partial charge on any atom is 0.233 e. The van der Waals surface area contributed by atoms with E-state index in [1.165, 1.54) is 23.9 Å². The molecule has 1 aromatic carbocycles. The number of amides is 1. The van der Waals surface area contributed by atoms with Crippen molar-refractivity contribution >= 4 is 23.6 Å². The molecule has 4 rings (SSSR count). The predicted octanol–water partition coefficient (Wildman–Crippen LogP) is 2.45. The summed E-state index contributed by atoms with van der Waals surface area (Å²) in [6.07, 6.45) is 5.14. The van der Waals surface area contributed by atoms with Gasteiger partial charge in [-0.2, -0.15) is 0 Å². The third-order valence-corrected chi connectivity index (χ3v) is 5.38. The highest BCUT2D eigenvalue weighted by molar-refractivity contribution is 7.99. The van der Waals surface area contributed by atoms with E-state index >= 15 is 0 Å². The zero-order valence-electron chi connectivity index (χ0n) is 15.1. The first-order valence-electron chi connectivity index (χ1n) is 8.92. The molecule has 28 heavy (non-hydrogen) atoms. The van der Waals surface area contributed by atoms with Crippen molar-refractivity contribution in [1.82, 2.24) is 24.8 Å². The number of nitrogens with zero attached hydrogens (tertiary/aromatic N) is 5. The molecule has 7 nitrogen and oxygen atoms in total. The summed E-state index contributed by atoms with van der Waals surface area (Å²) in [5.74, 6) is 0.826. The zero-order chi connectivity index (χ0) is 19.3. The number of anilines is 1. The highest BCUT2D eigenvalue weighted by Crippen LogP contribution is 2.22. The largest absolute Gasteiger partial charge is 0.338 e. The van der Waals surface area contributed by atoms with Crippen LogP contribution in [0.3, 0.4) is 0 Å². The van der Waals surface area contributed by atoms with Crippen molar-refractivity contribution in [1.29, 1.82) is 0 Å². The maximum absolute atomic E-state index is 13.0. The first kappa shape index (κ1) is 18.4. The van der Waals surface area contributed by atoms with Crippen LogP contribution in [0.4, 0.5) is 10.3 Å². The molecule has 0 radical (unpaired) electrons. The average Bonchev–Trinajstić information content (AvgIpc) is 3.22. The van der Waals surface area contributed by atoms with Crippen molar-refractivity contribution in [3.63, 3.8) is 0 Å². The van der Waals surface area contributed by atoms with Crippen molar-refractivity contribution in [2.24, 2.45) is 0 Å². The molecule has 144 valence electrons. The number of nitrogens with one attached hydrogen (secondary N) is 1. The van der Waals surface area contributed by atoms with Gasteiger partial charge in [-0.05, 0) is 35.9 Å². The van der Waals surface area contributed by atoms with Crippen LogP contribution < -0.4 is 4.90 Å². The standard InChI is InChI=1S/C19H19FN6OS/c20-15-4-2-14(3-5-15)16-12-23-19(24-16)28-13-17(27)25-8-10-26(11-9-25)18-21-6-1-7-22-18/h1-7,12H,8-11,13H2,(H,23,24). The van der Waals surface area contributed by atoms with E-state index in [0.717, 1.165) is 24.3 Å². The number of carbonyl (C=O) groups is 1. The normalized spacial score (nSPS) is 14.3. The molecule has 1 aliphatic rings. The Balaban J connectivity index is 1.28. The van der Waals surface area contributed by atoms with Gasteiger partial charge in [-0.3, -0.25) is 4.79 Å². The summed E-state index contributed by atoms with van der Waals surface area (Å²) < 4.78 is 13.0. The second-order valence-electron chi connectivity index (χ2n) is 6.31. The van der Waals surface area contributed by atoms with E-state index in [4.69, 9.17) is 0 Å². The molecule has 0 saturated carbocycles. The van der Waals surface area contributed by atoms with E-state index in [-0.39, 0.29) is 11.7 Å². The molecule has 1 amide bonds. The van der Waals surface area contributed by atoms with Gasteiger partial charge < -0.3 is 14.8 Å². The lowest BCUT2D eigenvalue weighted by atomic mass is 10.2. The SMILES string of the molecule is O=C(CSc1ncc(-c2ccc(F)cc2)[nH]1)N1CCN(c2ncccn2)CC1. The number of rotatable bonds is 5.